The summed E-state index contributed by atoms with van der Waals surface area (Å²) in [6, 6.07) is 6.71. The highest BCUT2D eigenvalue weighted by atomic mass is 16.1. The molecular weight excluding hydrogens is 262 g/mol. The Morgan fingerprint density at radius 2 is 2.19 bits per heavy atom. The summed E-state index contributed by atoms with van der Waals surface area (Å²) in [6.45, 7) is 5.45. The Bertz CT molecular complexity index is 499. The smallest absolute Gasteiger partial charge is 0.224 e. The lowest BCUT2D eigenvalue weighted by molar-refractivity contribution is -0.125. The minimum absolute atomic E-state index is 0.0577. The Kier molecular flexibility index (Phi) is 5.23. The van der Waals surface area contributed by atoms with Gasteiger partial charge in [-0.25, -0.2) is 0 Å². The summed E-state index contributed by atoms with van der Waals surface area (Å²) in [7, 11) is 2.14. The van der Waals surface area contributed by atoms with E-state index in [4.69, 9.17) is 5.73 Å². The predicted molar refractivity (Wildman–Crippen MR) is 87.6 cm³/mol. The molecular formula is C17H27N3O. The zero-order valence-electron chi connectivity index (χ0n) is 13.4. The van der Waals surface area contributed by atoms with Gasteiger partial charge in [0.15, 0.2) is 0 Å². The summed E-state index contributed by atoms with van der Waals surface area (Å²) in [5.74, 6) is -0.0888. The van der Waals surface area contributed by atoms with Crippen LogP contribution in [-0.2, 0) is 17.6 Å². The molecule has 0 aromatic heterocycles. The third-order valence-electron chi connectivity index (χ3n) is 4.06. The van der Waals surface area contributed by atoms with Gasteiger partial charge in [0.1, 0.15) is 0 Å². The maximum atomic E-state index is 12.1. The topological polar surface area (TPSA) is 58.4 Å². The molecule has 0 saturated carbocycles. The van der Waals surface area contributed by atoms with Gasteiger partial charge in [-0.2, -0.15) is 0 Å². The first-order valence-electron chi connectivity index (χ1n) is 7.84. The van der Waals surface area contributed by atoms with Crippen molar-refractivity contribution in [2.24, 2.45) is 11.7 Å². The fraction of sp³-hybridized carbons (Fsp3) is 0.588. The highest BCUT2D eigenvalue weighted by Crippen LogP contribution is 2.27. The summed E-state index contributed by atoms with van der Waals surface area (Å²) >= 11 is 0. The molecule has 1 aliphatic rings. The molecule has 1 aromatic carbocycles. The number of anilines is 1. The van der Waals surface area contributed by atoms with Gasteiger partial charge in [-0.1, -0.05) is 12.1 Å². The fourth-order valence-corrected chi connectivity index (χ4v) is 2.94. The molecule has 0 radical (unpaired) electrons. The second-order valence-corrected chi connectivity index (χ2v) is 6.29. The standard InChI is InChI=1S/C17H27N3O/c1-12(2)19-17(21)15(11-18)10-13-6-7-16-14(9-13)5-4-8-20(16)3/h6-7,9,12,15H,4-5,8,10-11,18H2,1-3H3,(H,19,21). The van der Waals surface area contributed by atoms with Crippen molar-refractivity contribution in [2.75, 3.05) is 25.0 Å². The molecule has 0 saturated heterocycles. The Hall–Kier alpha value is -1.55. The van der Waals surface area contributed by atoms with E-state index in [9.17, 15) is 4.79 Å². The second-order valence-electron chi connectivity index (χ2n) is 6.29. The van der Waals surface area contributed by atoms with Gasteiger partial charge in [0, 0.05) is 31.9 Å². The van der Waals surface area contributed by atoms with Crippen LogP contribution in [-0.4, -0.2) is 32.1 Å². The Morgan fingerprint density at radius 3 is 2.86 bits per heavy atom. The summed E-state index contributed by atoms with van der Waals surface area (Å²) in [6.07, 6.45) is 3.03. The number of aryl methyl sites for hydroxylation is 1. The van der Waals surface area contributed by atoms with Crippen LogP contribution in [0.4, 0.5) is 5.69 Å². The molecule has 1 amide bonds. The van der Waals surface area contributed by atoms with E-state index in [1.165, 1.54) is 23.2 Å². The highest BCUT2D eigenvalue weighted by molar-refractivity contribution is 5.79. The number of carbonyl (C=O) groups is 1. The first kappa shape index (κ1) is 15.8. The Morgan fingerprint density at radius 1 is 1.43 bits per heavy atom. The zero-order valence-corrected chi connectivity index (χ0v) is 13.4. The van der Waals surface area contributed by atoms with E-state index in [0.29, 0.717) is 13.0 Å². The van der Waals surface area contributed by atoms with Crippen LogP contribution in [0.2, 0.25) is 0 Å². The van der Waals surface area contributed by atoms with Crippen molar-refractivity contribution in [2.45, 2.75) is 39.2 Å². The van der Waals surface area contributed by atoms with Gasteiger partial charge in [0.2, 0.25) is 5.91 Å². The molecule has 2 rings (SSSR count). The third kappa shape index (κ3) is 3.97. The SMILES string of the molecule is CC(C)NC(=O)C(CN)Cc1ccc2c(c1)CCCN2C. The fourth-order valence-electron chi connectivity index (χ4n) is 2.94. The Balaban J connectivity index is 2.09. The van der Waals surface area contributed by atoms with Gasteiger partial charge < -0.3 is 16.0 Å². The first-order chi connectivity index (χ1) is 10.0. The molecule has 116 valence electrons. The van der Waals surface area contributed by atoms with Crippen molar-refractivity contribution in [3.8, 4) is 0 Å². The second kappa shape index (κ2) is 6.94. The van der Waals surface area contributed by atoms with Crippen molar-refractivity contribution in [1.29, 1.82) is 0 Å². The number of nitrogens with two attached hydrogens (primary N) is 1. The number of amides is 1. The van der Waals surface area contributed by atoms with E-state index in [1.54, 1.807) is 0 Å². The molecule has 0 fully saturated rings. The van der Waals surface area contributed by atoms with Gasteiger partial charge in [0.05, 0.1) is 5.92 Å². The van der Waals surface area contributed by atoms with Gasteiger partial charge in [-0.05, 0) is 50.3 Å². The molecule has 21 heavy (non-hydrogen) atoms. The molecule has 0 aliphatic carbocycles. The van der Waals surface area contributed by atoms with Crippen LogP contribution in [0.1, 0.15) is 31.4 Å². The monoisotopic (exact) mass is 289 g/mol. The lowest BCUT2D eigenvalue weighted by atomic mass is 9.93. The number of fused-ring (bicyclic) bond motifs is 1. The zero-order chi connectivity index (χ0) is 15.4. The van der Waals surface area contributed by atoms with Crippen molar-refractivity contribution >= 4 is 11.6 Å². The van der Waals surface area contributed by atoms with E-state index < -0.39 is 0 Å². The average Bonchev–Trinajstić information content (AvgIpc) is 2.44. The summed E-state index contributed by atoms with van der Waals surface area (Å²) in [5.41, 5.74) is 9.71. The van der Waals surface area contributed by atoms with E-state index in [1.807, 2.05) is 13.8 Å². The molecule has 1 heterocycles. The van der Waals surface area contributed by atoms with Crippen LogP contribution < -0.4 is 16.0 Å². The van der Waals surface area contributed by atoms with Gasteiger partial charge >= 0.3 is 0 Å². The van der Waals surface area contributed by atoms with Crippen molar-refractivity contribution in [3.05, 3.63) is 29.3 Å². The molecule has 4 nitrogen and oxygen atoms in total. The summed E-state index contributed by atoms with van der Waals surface area (Å²) < 4.78 is 0. The van der Waals surface area contributed by atoms with Crippen LogP contribution >= 0.6 is 0 Å². The third-order valence-corrected chi connectivity index (χ3v) is 4.06. The number of nitrogens with one attached hydrogen (secondary N) is 1. The number of nitrogens with zero attached hydrogens (tertiary/aromatic N) is 1. The number of hydrogen-bond donors (Lipinski definition) is 2. The van der Waals surface area contributed by atoms with Crippen LogP contribution in [0.5, 0.6) is 0 Å². The van der Waals surface area contributed by atoms with Crippen molar-refractivity contribution in [3.63, 3.8) is 0 Å². The van der Waals surface area contributed by atoms with Crippen LogP contribution in [0.25, 0.3) is 0 Å². The Labute approximate surface area is 127 Å². The van der Waals surface area contributed by atoms with E-state index in [0.717, 1.165) is 13.0 Å². The average molecular weight is 289 g/mol. The van der Waals surface area contributed by atoms with Crippen LogP contribution in [0.15, 0.2) is 18.2 Å². The number of carbonyl (C=O) groups excluding carboxylic acids is 1. The predicted octanol–water partition coefficient (Wildman–Crippen LogP) is 1.71. The maximum Gasteiger partial charge on any atom is 0.224 e. The largest absolute Gasteiger partial charge is 0.374 e. The lowest BCUT2D eigenvalue weighted by Crippen LogP contribution is -2.39. The van der Waals surface area contributed by atoms with Crippen molar-refractivity contribution < 1.29 is 4.79 Å². The number of hydrogen-bond acceptors (Lipinski definition) is 3. The molecule has 1 aromatic rings. The molecule has 4 heteroatoms. The maximum absolute atomic E-state index is 12.1. The van der Waals surface area contributed by atoms with Crippen LogP contribution in [0, 0.1) is 5.92 Å². The minimum atomic E-state index is -0.147. The molecule has 3 N–H and O–H groups in total. The van der Waals surface area contributed by atoms with Gasteiger partial charge in [0.25, 0.3) is 0 Å². The molecule has 0 bridgehead atoms. The van der Waals surface area contributed by atoms with E-state index in [2.05, 4.69) is 35.5 Å². The normalized spacial score (nSPS) is 15.8. The molecule has 1 aliphatic heterocycles. The van der Waals surface area contributed by atoms with E-state index >= 15 is 0 Å². The molecule has 1 unspecified atom stereocenters. The summed E-state index contributed by atoms with van der Waals surface area (Å²) in [4.78, 5) is 14.4. The van der Waals surface area contributed by atoms with Gasteiger partial charge in [-0.3, -0.25) is 4.79 Å². The molecule has 0 spiro atoms. The van der Waals surface area contributed by atoms with Crippen LogP contribution in [0.3, 0.4) is 0 Å². The first-order valence-corrected chi connectivity index (χ1v) is 7.84. The number of rotatable bonds is 5. The molecule has 1 atom stereocenters. The quantitative estimate of drug-likeness (QED) is 0.867. The number of benzene rings is 1. The van der Waals surface area contributed by atoms with E-state index in [-0.39, 0.29) is 17.9 Å². The lowest BCUT2D eigenvalue weighted by Gasteiger charge is -2.28. The summed E-state index contributed by atoms with van der Waals surface area (Å²) in [5, 5.41) is 2.96. The highest BCUT2D eigenvalue weighted by Gasteiger charge is 2.19. The minimum Gasteiger partial charge on any atom is -0.374 e. The van der Waals surface area contributed by atoms with Gasteiger partial charge in [-0.15, -0.1) is 0 Å². The van der Waals surface area contributed by atoms with Crippen molar-refractivity contribution in [1.82, 2.24) is 5.32 Å².